The lowest BCUT2D eigenvalue weighted by Crippen LogP contribution is -2.32. The van der Waals surface area contributed by atoms with Crippen molar-refractivity contribution in [3.05, 3.63) is 35.9 Å². The van der Waals surface area contributed by atoms with Crippen LogP contribution in [0.1, 0.15) is 26.3 Å². The van der Waals surface area contributed by atoms with Crippen LogP contribution in [0.5, 0.6) is 0 Å². The Morgan fingerprint density at radius 2 is 1.94 bits per heavy atom. The van der Waals surface area contributed by atoms with Crippen molar-refractivity contribution in [2.75, 3.05) is 7.05 Å². The highest BCUT2D eigenvalue weighted by molar-refractivity contribution is 5.83. The van der Waals surface area contributed by atoms with Gasteiger partial charge >= 0.3 is 0 Å². The first-order valence-corrected chi connectivity index (χ1v) is 6.22. The summed E-state index contributed by atoms with van der Waals surface area (Å²) in [6, 6.07) is 9.60. The molecule has 0 aliphatic heterocycles. The minimum atomic E-state index is -0.350. The number of carbonyl (C=O) groups excluding carboxylic acids is 1. The van der Waals surface area contributed by atoms with E-state index in [1.165, 1.54) is 0 Å². The summed E-state index contributed by atoms with van der Waals surface area (Å²) in [6.07, 6.45) is 2.49. The second kappa shape index (κ2) is 6.34. The summed E-state index contributed by atoms with van der Waals surface area (Å²) >= 11 is 0. The van der Waals surface area contributed by atoms with Gasteiger partial charge in [0.05, 0.1) is 0 Å². The summed E-state index contributed by atoms with van der Waals surface area (Å²) in [5.74, 6) is -0.0423. The molecule has 3 nitrogen and oxygen atoms in total. The minimum absolute atomic E-state index is 0.0110. The number of hydrogen-bond donors (Lipinski definition) is 1. The summed E-state index contributed by atoms with van der Waals surface area (Å²) in [5.41, 5.74) is 1.11. The first kappa shape index (κ1) is 14.4. The van der Waals surface area contributed by atoms with Crippen LogP contribution in [0.15, 0.2) is 35.3 Å². The summed E-state index contributed by atoms with van der Waals surface area (Å²) in [6.45, 7) is 6.21. The van der Waals surface area contributed by atoms with E-state index in [2.05, 4.69) is 31.1 Å². The highest BCUT2D eigenvalue weighted by atomic mass is 16.2. The van der Waals surface area contributed by atoms with Gasteiger partial charge in [-0.2, -0.15) is 0 Å². The highest BCUT2D eigenvalue weighted by Crippen LogP contribution is 2.11. The Balaban J connectivity index is 2.80. The molecule has 0 saturated carbocycles. The van der Waals surface area contributed by atoms with E-state index in [-0.39, 0.29) is 17.4 Å². The number of likely N-dealkylation sites (N-methyl/N-ethyl adjacent to an activating group) is 1. The maximum atomic E-state index is 11.8. The molecule has 0 aliphatic carbocycles. The fourth-order valence-electron chi connectivity index (χ4n) is 1.53. The van der Waals surface area contributed by atoms with Gasteiger partial charge in [-0.05, 0) is 11.0 Å². The average Bonchev–Trinajstić information content (AvgIpc) is 2.33. The zero-order chi connectivity index (χ0) is 13.6. The first-order chi connectivity index (χ1) is 8.42. The second-order valence-electron chi connectivity index (χ2n) is 5.46. The fraction of sp³-hybridized carbons (Fsp3) is 0.467. The van der Waals surface area contributed by atoms with Crippen molar-refractivity contribution < 1.29 is 4.79 Å². The topological polar surface area (TPSA) is 41.5 Å². The van der Waals surface area contributed by atoms with Crippen molar-refractivity contribution in [1.29, 1.82) is 0 Å². The SMILES string of the molecule is CNC(=O)C(Cc1ccccc1)N=CC(C)(C)C. The number of nitrogens with one attached hydrogen (secondary N) is 1. The quantitative estimate of drug-likeness (QED) is 0.815. The lowest BCUT2D eigenvalue weighted by Gasteiger charge is -2.15. The predicted molar refractivity (Wildman–Crippen MR) is 75.9 cm³/mol. The maximum Gasteiger partial charge on any atom is 0.244 e. The van der Waals surface area contributed by atoms with Crippen LogP contribution >= 0.6 is 0 Å². The molecule has 1 aromatic carbocycles. The molecule has 0 radical (unpaired) electrons. The van der Waals surface area contributed by atoms with E-state index in [0.717, 1.165) is 5.56 Å². The van der Waals surface area contributed by atoms with Gasteiger partial charge in [-0.3, -0.25) is 9.79 Å². The van der Waals surface area contributed by atoms with Crippen molar-refractivity contribution in [2.24, 2.45) is 10.4 Å². The van der Waals surface area contributed by atoms with E-state index in [1.807, 2.05) is 36.5 Å². The van der Waals surface area contributed by atoms with Crippen LogP contribution in [0, 0.1) is 5.41 Å². The maximum absolute atomic E-state index is 11.8. The van der Waals surface area contributed by atoms with Gasteiger partial charge in [0.25, 0.3) is 0 Å². The number of hydrogen-bond acceptors (Lipinski definition) is 2. The third kappa shape index (κ3) is 5.13. The van der Waals surface area contributed by atoms with Crippen LogP contribution in [-0.2, 0) is 11.2 Å². The van der Waals surface area contributed by atoms with E-state index in [4.69, 9.17) is 0 Å². The molecule has 0 spiro atoms. The minimum Gasteiger partial charge on any atom is -0.357 e. The Hall–Kier alpha value is -1.64. The predicted octanol–water partition coefficient (Wildman–Crippen LogP) is 2.46. The Kier molecular flexibility index (Phi) is 5.08. The Morgan fingerprint density at radius 1 is 1.33 bits per heavy atom. The largest absolute Gasteiger partial charge is 0.357 e. The summed E-state index contributed by atoms with van der Waals surface area (Å²) in [7, 11) is 1.65. The molecule has 0 bridgehead atoms. The molecule has 18 heavy (non-hydrogen) atoms. The van der Waals surface area contributed by atoms with Crippen LogP contribution in [0.2, 0.25) is 0 Å². The monoisotopic (exact) mass is 246 g/mol. The zero-order valence-corrected chi connectivity index (χ0v) is 11.6. The molecule has 0 aromatic heterocycles. The van der Waals surface area contributed by atoms with Crippen molar-refractivity contribution in [3.8, 4) is 0 Å². The highest BCUT2D eigenvalue weighted by Gasteiger charge is 2.17. The first-order valence-electron chi connectivity index (χ1n) is 6.22. The number of amides is 1. The van der Waals surface area contributed by atoms with E-state index >= 15 is 0 Å². The van der Waals surface area contributed by atoms with E-state index in [0.29, 0.717) is 6.42 Å². The van der Waals surface area contributed by atoms with Crippen LogP contribution in [-0.4, -0.2) is 25.2 Å². The van der Waals surface area contributed by atoms with E-state index in [1.54, 1.807) is 7.05 Å². The van der Waals surface area contributed by atoms with Crippen molar-refractivity contribution in [1.82, 2.24) is 5.32 Å². The molecule has 1 atom stereocenters. The molecule has 1 amide bonds. The number of nitrogens with zero attached hydrogens (tertiary/aromatic N) is 1. The second-order valence-corrected chi connectivity index (χ2v) is 5.46. The molecule has 1 N–H and O–H groups in total. The van der Waals surface area contributed by atoms with Crippen LogP contribution in [0.3, 0.4) is 0 Å². The van der Waals surface area contributed by atoms with Gasteiger partial charge in [0.1, 0.15) is 6.04 Å². The van der Waals surface area contributed by atoms with Gasteiger partial charge in [-0.25, -0.2) is 0 Å². The molecule has 1 rings (SSSR count). The summed E-state index contributed by atoms with van der Waals surface area (Å²) in [5, 5.41) is 2.67. The van der Waals surface area contributed by atoms with Crippen LogP contribution < -0.4 is 5.32 Å². The third-order valence-corrected chi connectivity index (χ3v) is 2.46. The number of rotatable bonds is 4. The van der Waals surface area contributed by atoms with Gasteiger partial charge in [0.2, 0.25) is 5.91 Å². The van der Waals surface area contributed by atoms with Gasteiger partial charge in [0.15, 0.2) is 0 Å². The lowest BCUT2D eigenvalue weighted by molar-refractivity contribution is -0.121. The third-order valence-electron chi connectivity index (χ3n) is 2.46. The number of aliphatic imine (C=N–C) groups is 1. The number of benzene rings is 1. The normalized spacial score (nSPS) is 13.6. The average molecular weight is 246 g/mol. The lowest BCUT2D eigenvalue weighted by atomic mass is 9.98. The molecule has 0 heterocycles. The van der Waals surface area contributed by atoms with Crippen molar-refractivity contribution in [3.63, 3.8) is 0 Å². The molecule has 98 valence electrons. The van der Waals surface area contributed by atoms with Gasteiger partial charge in [-0.15, -0.1) is 0 Å². The van der Waals surface area contributed by atoms with E-state index in [9.17, 15) is 4.79 Å². The fourth-order valence-corrected chi connectivity index (χ4v) is 1.53. The Labute approximate surface area is 109 Å². The van der Waals surface area contributed by atoms with Crippen LogP contribution in [0.4, 0.5) is 0 Å². The van der Waals surface area contributed by atoms with Gasteiger partial charge < -0.3 is 5.32 Å². The molecule has 3 heteroatoms. The Morgan fingerprint density at radius 3 is 2.44 bits per heavy atom. The molecule has 1 aromatic rings. The molecule has 0 saturated heterocycles. The molecule has 1 unspecified atom stereocenters. The number of carbonyl (C=O) groups is 1. The smallest absolute Gasteiger partial charge is 0.244 e. The molecular weight excluding hydrogens is 224 g/mol. The van der Waals surface area contributed by atoms with Gasteiger partial charge in [-0.1, -0.05) is 51.1 Å². The standard InChI is InChI=1S/C15H22N2O/c1-15(2,3)11-17-13(14(18)16-4)10-12-8-6-5-7-9-12/h5-9,11,13H,10H2,1-4H3,(H,16,18). The van der Waals surface area contributed by atoms with E-state index < -0.39 is 0 Å². The zero-order valence-electron chi connectivity index (χ0n) is 11.6. The molecular formula is C15H22N2O. The summed E-state index contributed by atoms with van der Waals surface area (Å²) in [4.78, 5) is 16.2. The van der Waals surface area contributed by atoms with Gasteiger partial charge in [0, 0.05) is 19.7 Å². The van der Waals surface area contributed by atoms with Crippen LogP contribution in [0.25, 0.3) is 0 Å². The molecule has 0 fully saturated rings. The Bertz CT molecular complexity index is 404. The molecule has 0 aliphatic rings. The summed E-state index contributed by atoms with van der Waals surface area (Å²) < 4.78 is 0. The van der Waals surface area contributed by atoms with Crippen molar-refractivity contribution >= 4 is 12.1 Å². The van der Waals surface area contributed by atoms with Crippen molar-refractivity contribution in [2.45, 2.75) is 33.2 Å².